The number of hydrogen-bond donors (Lipinski definition) is 1. The van der Waals surface area contributed by atoms with Crippen LogP contribution >= 0.6 is 0 Å². The summed E-state index contributed by atoms with van der Waals surface area (Å²) in [6, 6.07) is 27.7. The summed E-state index contributed by atoms with van der Waals surface area (Å²) in [5.74, 6) is 1.83. The molecule has 1 heterocycles. The summed E-state index contributed by atoms with van der Waals surface area (Å²) < 4.78 is 11.9. The minimum Gasteiger partial charge on any atom is -0.437 e. The number of anilines is 1. The highest BCUT2D eigenvalue weighted by molar-refractivity contribution is 5.88. The van der Waals surface area contributed by atoms with Crippen LogP contribution in [-0.2, 0) is 0 Å². The normalized spacial score (nSPS) is 10.9. The summed E-state index contributed by atoms with van der Waals surface area (Å²) in [7, 11) is 0. The summed E-state index contributed by atoms with van der Waals surface area (Å²) in [5, 5.41) is 4.26. The van der Waals surface area contributed by atoms with Gasteiger partial charge in [-0.3, -0.25) is 0 Å². The van der Waals surface area contributed by atoms with Crippen LogP contribution < -0.4 is 15.2 Å². The second-order valence-corrected chi connectivity index (χ2v) is 6.59. The topological polar surface area (TPSA) is 70.3 Å². The first-order valence-electron chi connectivity index (χ1n) is 9.21. The number of nitrogens with zero attached hydrogens (tertiary/aromatic N) is 2. The Balaban J connectivity index is 1.47. The van der Waals surface area contributed by atoms with Crippen molar-refractivity contribution >= 4 is 27.2 Å². The van der Waals surface area contributed by atoms with Gasteiger partial charge in [0.2, 0.25) is 11.8 Å². The molecule has 0 saturated heterocycles. The molecule has 0 bridgehead atoms. The van der Waals surface area contributed by atoms with E-state index in [9.17, 15) is 0 Å². The predicted octanol–water partition coefficient (Wildman–Crippen LogP) is 5.95. The Hall–Kier alpha value is -4.12. The molecule has 0 spiro atoms. The minimum atomic E-state index is 0.244. The second kappa shape index (κ2) is 7.13. The molecule has 0 unspecified atom stereocenters. The molecular formula is C24H17N3O2. The van der Waals surface area contributed by atoms with E-state index in [0.29, 0.717) is 11.5 Å². The van der Waals surface area contributed by atoms with Gasteiger partial charge in [0.05, 0.1) is 0 Å². The Kier molecular flexibility index (Phi) is 4.18. The number of rotatable bonds is 4. The van der Waals surface area contributed by atoms with Crippen LogP contribution in [0.15, 0.2) is 91.3 Å². The number of nitrogen functional groups attached to an aromatic ring is 1. The van der Waals surface area contributed by atoms with E-state index >= 15 is 0 Å². The van der Waals surface area contributed by atoms with Gasteiger partial charge < -0.3 is 15.2 Å². The van der Waals surface area contributed by atoms with E-state index in [2.05, 4.69) is 9.97 Å². The number of fused-ring (bicyclic) bond motifs is 2. The number of benzene rings is 4. The van der Waals surface area contributed by atoms with Crippen LogP contribution in [0.3, 0.4) is 0 Å². The van der Waals surface area contributed by atoms with Gasteiger partial charge in [0, 0.05) is 5.39 Å². The molecule has 4 aromatic carbocycles. The van der Waals surface area contributed by atoms with Gasteiger partial charge in [0.25, 0.3) is 0 Å². The molecule has 0 aliphatic carbocycles. The molecule has 29 heavy (non-hydrogen) atoms. The largest absolute Gasteiger partial charge is 0.437 e. The molecule has 5 heteroatoms. The molecule has 0 atom stereocenters. The molecule has 5 aromatic rings. The maximum absolute atomic E-state index is 6.26. The van der Waals surface area contributed by atoms with Crippen LogP contribution in [0.2, 0.25) is 0 Å². The summed E-state index contributed by atoms with van der Waals surface area (Å²) >= 11 is 0. The number of ether oxygens (including phenoxy) is 2. The molecule has 0 aliphatic rings. The quantitative estimate of drug-likeness (QED) is 0.418. The van der Waals surface area contributed by atoms with Crippen molar-refractivity contribution in [2.75, 3.05) is 5.73 Å². The highest BCUT2D eigenvalue weighted by Gasteiger charge is 2.14. The Bertz CT molecular complexity index is 1330. The summed E-state index contributed by atoms with van der Waals surface area (Å²) in [6.07, 6.45) is 1.38. The Morgan fingerprint density at radius 1 is 0.621 bits per heavy atom. The lowest BCUT2D eigenvalue weighted by Gasteiger charge is -2.12. The van der Waals surface area contributed by atoms with Crippen molar-refractivity contribution in [2.24, 2.45) is 0 Å². The third-order valence-electron chi connectivity index (χ3n) is 4.70. The third-order valence-corrected chi connectivity index (χ3v) is 4.70. The van der Waals surface area contributed by atoms with Crippen molar-refractivity contribution in [3.05, 3.63) is 91.3 Å². The first-order valence-corrected chi connectivity index (χ1v) is 9.21. The molecule has 2 N–H and O–H groups in total. The van der Waals surface area contributed by atoms with Crippen LogP contribution in [0.1, 0.15) is 0 Å². The molecule has 0 fully saturated rings. The SMILES string of the molecule is Nc1c(Oc2ccc3ccccc3c2)ncnc1Oc1cccc2ccccc12. The van der Waals surface area contributed by atoms with Crippen molar-refractivity contribution in [3.63, 3.8) is 0 Å². The van der Waals surface area contributed by atoms with Crippen LogP contribution in [0, 0.1) is 0 Å². The van der Waals surface area contributed by atoms with E-state index in [4.69, 9.17) is 15.2 Å². The van der Waals surface area contributed by atoms with Crippen LogP contribution in [-0.4, -0.2) is 9.97 Å². The molecule has 0 amide bonds. The molecule has 5 rings (SSSR count). The maximum atomic E-state index is 6.26. The summed E-state index contributed by atoms with van der Waals surface area (Å²) in [4.78, 5) is 8.37. The molecule has 0 saturated carbocycles. The fraction of sp³-hybridized carbons (Fsp3) is 0. The lowest BCUT2D eigenvalue weighted by molar-refractivity contribution is 0.441. The van der Waals surface area contributed by atoms with E-state index in [-0.39, 0.29) is 17.4 Å². The third kappa shape index (κ3) is 3.30. The average Bonchev–Trinajstić information content (AvgIpc) is 2.77. The highest BCUT2D eigenvalue weighted by Crippen LogP contribution is 2.36. The minimum absolute atomic E-state index is 0.244. The second-order valence-electron chi connectivity index (χ2n) is 6.59. The Morgan fingerprint density at radius 2 is 1.31 bits per heavy atom. The smallest absolute Gasteiger partial charge is 0.249 e. The van der Waals surface area contributed by atoms with Gasteiger partial charge in [0.15, 0.2) is 5.69 Å². The van der Waals surface area contributed by atoms with Gasteiger partial charge in [-0.1, -0.05) is 66.7 Å². The Labute approximate surface area is 167 Å². The van der Waals surface area contributed by atoms with Crippen LogP contribution in [0.5, 0.6) is 23.3 Å². The molecule has 140 valence electrons. The predicted molar refractivity (Wildman–Crippen MR) is 114 cm³/mol. The molecule has 0 radical (unpaired) electrons. The molecule has 1 aromatic heterocycles. The number of nitrogens with two attached hydrogens (primary N) is 1. The average molecular weight is 379 g/mol. The number of hydrogen-bond acceptors (Lipinski definition) is 5. The van der Waals surface area contributed by atoms with Gasteiger partial charge in [-0.25, -0.2) is 0 Å². The zero-order chi connectivity index (χ0) is 19.6. The van der Waals surface area contributed by atoms with Crippen LogP contribution in [0.4, 0.5) is 5.69 Å². The zero-order valence-corrected chi connectivity index (χ0v) is 15.4. The first kappa shape index (κ1) is 17.0. The number of aromatic nitrogens is 2. The lowest BCUT2D eigenvalue weighted by atomic mass is 10.1. The van der Waals surface area contributed by atoms with Crippen molar-refractivity contribution in [1.29, 1.82) is 0 Å². The van der Waals surface area contributed by atoms with Gasteiger partial charge >= 0.3 is 0 Å². The molecule has 0 aliphatic heterocycles. The van der Waals surface area contributed by atoms with E-state index in [0.717, 1.165) is 21.5 Å². The summed E-state index contributed by atoms with van der Waals surface area (Å²) in [6.45, 7) is 0. The first-order chi connectivity index (χ1) is 14.3. The van der Waals surface area contributed by atoms with E-state index in [1.165, 1.54) is 6.33 Å². The van der Waals surface area contributed by atoms with Crippen molar-refractivity contribution in [1.82, 2.24) is 9.97 Å². The van der Waals surface area contributed by atoms with E-state index in [1.807, 2.05) is 84.9 Å². The van der Waals surface area contributed by atoms with Gasteiger partial charge in [0.1, 0.15) is 17.8 Å². The summed E-state index contributed by atoms with van der Waals surface area (Å²) in [5.41, 5.74) is 6.50. The van der Waals surface area contributed by atoms with Gasteiger partial charge in [-0.2, -0.15) is 9.97 Å². The maximum Gasteiger partial charge on any atom is 0.249 e. The van der Waals surface area contributed by atoms with E-state index in [1.54, 1.807) is 0 Å². The fourth-order valence-electron chi connectivity index (χ4n) is 3.26. The van der Waals surface area contributed by atoms with Crippen molar-refractivity contribution < 1.29 is 9.47 Å². The van der Waals surface area contributed by atoms with Crippen LogP contribution in [0.25, 0.3) is 21.5 Å². The van der Waals surface area contributed by atoms with Crippen molar-refractivity contribution in [2.45, 2.75) is 0 Å². The fourth-order valence-corrected chi connectivity index (χ4v) is 3.26. The van der Waals surface area contributed by atoms with Gasteiger partial charge in [-0.15, -0.1) is 0 Å². The Morgan fingerprint density at radius 3 is 2.17 bits per heavy atom. The molecule has 5 nitrogen and oxygen atoms in total. The van der Waals surface area contributed by atoms with Crippen molar-refractivity contribution in [3.8, 4) is 23.3 Å². The standard InChI is InChI=1S/C24H17N3O2/c25-22-23(28-19-13-12-16-6-1-2-8-18(16)14-19)26-15-27-24(22)29-21-11-5-9-17-7-3-4-10-20(17)21/h1-15H,25H2. The van der Waals surface area contributed by atoms with E-state index < -0.39 is 0 Å². The molecular weight excluding hydrogens is 362 g/mol. The lowest BCUT2D eigenvalue weighted by Crippen LogP contribution is -2.00. The van der Waals surface area contributed by atoms with Gasteiger partial charge in [-0.05, 0) is 34.4 Å². The zero-order valence-electron chi connectivity index (χ0n) is 15.4. The highest BCUT2D eigenvalue weighted by atomic mass is 16.5. The monoisotopic (exact) mass is 379 g/mol.